The number of aromatic nitrogens is 1. The van der Waals surface area contributed by atoms with E-state index in [2.05, 4.69) is 10.3 Å². The molecule has 0 aromatic carbocycles. The van der Waals surface area contributed by atoms with Crippen LogP contribution in [0.3, 0.4) is 0 Å². The molecule has 2 rings (SSSR count). The van der Waals surface area contributed by atoms with Gasteiger partial charge in [-0.2, -0.15) is 4.39 Å². The lowest BCUT2D eigenvalue weighted by Crippen LogP contribution is -2.28. The molecule has 1 fully saturated rings. The second-order valence-corrected chi connectivity index (χ2v) is 3.98. The van der Waals surface area contributed by atoms with Crippen LogP contribution in [-0.4, -0.2) is 30.1 Å². The fourth-order valence-electron chi connectivity index (χ4n) is 1.78. The monoisotopic (exact) mass is 239 g/mol. The first kappa shape index (κ1) is 11.8. The SMILES string of the molecule is NC(=O)c1cc(OC[C@@H]2CCCN2)cnc1F. The Bertz CT molecular complexity index is 419. The maximum absolute atomic E-state index is 13.1. The van der Waals surface area contributed by atoms with E-state index in [4.69, 9.17) is 10.5 Å². The van der Waals surface area contributed by atoms with E-state index in [-0.39, 0.29) is 5.56 Å². The molecule has 3 N–H and O–H groups in total. The van der Waals surface area contributed by atoms with Gasteiger partial charge in [-0.3, -0.25) is 4.79 Å². The molecule has 1 atom stereocenters. The summed E-state index contributed by atoms with van der Waals surface area (Å²) in [5, 5.41) is 3.26. The molecule has 0 spiro atoms. The molecule has 1 amide bonds. The quantitative estimate of drug-likeness (QED) is 0.748. The fraction of sp³-hybridized carbons (Fsp3) is 0.455. The molecule has 1 saturated heterocycles. The zero-order chi connectivity index (χ0) is 12.3. The highest BCUT2D eigenvalue weighted by molar-refractivity contribution is 5.93. The van der Waals surface area contributed by atoms with Gasteiger partial charge in [0, 0.05) is 6.04 Å². The van der Waals surface area contributed by atoms with Crippen molar-refractivity contribution in [1.29, 1.82) is 0 Å². The summed E-state index contributed by atoms with van der Waals surface area (Å²) < 4.78 is 18.5. The number of ether oxygens (including phenoxy) is 1. The predicted molar refractivity (Wildman–Crippen MR) is 59.2 cm³/mol. The number of nitrogens with zero attached hydrogens (tertiary/aromatic N) is 1. The minimum absolute atomic E-state index is 0.248. The number of carbonyl (C=O) groups excluding carboxylic acids is 1. The molecule has 92 valence electrons. The Morgan fingerprint density at radius 2 is 2.53 bits per heavy atom. The van der Waals surface area contributed by atoms with E-state index < -0.39 is 11.9 Å². The van der Waals surface area contributed by atoms with Gasteiger partial charge in [0.2, 0.25) is 5.95 Å². The molecule has 0 bridgehead atoms. The van der Waals surface area contributed by atoms with Crippen molar-refractivity contribution >= 4 is 5.91 Å². The summed E-state index contributed by atoms with van der Waals surface area (Å²) in [6, 6.07) is 1.58. The van der Waals surface area contributed by atoms with E-state index in [1.165, 1.54) is 12.3 Å². The molecule has 17 heavy (non-hydrogen) atoms. The molecule has 0 saturated carbocycles. The minimum atomic E-state index is -0.871. The summed E-state index contributed by atoms with van der Waals surface area (Å²) >= 11 is 0. The summed E-state index contributed by atoms with van der Waals surface area (Å²) in [5.74, 6) is -1.36. The maximum atomic E-state index is 13.1. The lowest BCUT2D eigenvalue weighted by molar-refractivity contribution is 0.0995. The van der Waals surface area contributed by atoms with Crippen LogP contribution >= 0.6 is 0 Å². The summed E-state index contributed by atoms with van der Waals surface area (Å²) in [6.45, 7) is 1.47. The van der Waals surface area contributed by atoms with Crippen molar-refractivity contribution in [3.05, 3.63) is 23.8 Å². The normalized spacial score (nSPS) is 19.2. The van der Waals surface area contributed by atoms with Gasteiger partial charge in [0.1, 0.15) is 12.4 Å². The average molecular weight is 239 g/mol. The minimum Gasteiger partial charge on any atom is -0.490 e. The number of nitrogens with one attached hydrogen (secondary N) is 1. The topological polar surface area (TPSA) is 77.2 Å². The van der Waals surface area contributed by atoms with Gasteiger partial charge in [0.15, 0.2) is 0 Å². The van der Waals surface area contributed by atoms with Crippen LogP contribution in [-0.2, 0) is 0 Å². The predicted octanol–water partition coefficient (Wildman–Crippen LogP) is 0.450. The molecular formula is C11H14FN3O2. The van der Waals surface area contributed by atoms with Crippen molar-refractivity contribution in [1.82, 2.24) is 10.3 Å². The number of rotatable bonds is 4. The summed E-state index contributed by atoms with van der Waals surface area (Å²) in [4.78, 5) is 14.3. The van der Waals surface area contributed by atoms with Gasteiger partial charge in [-0.1, -0.05) is 0 Å². The first-order valence-corrected chi connectivity index (χ1v) is 5.48. The molecule has 1 aliphatic heterocycles. The summed E-state index contributed by atoms with van der Waals surface area (Å²) in [7, 11) is 0. The number of nitrogens with two attached hydrogens (primary N) is 1. The van der Waals surface area contributed by atoms with Gasteiger partial charge in [-0.25, -0.2) is 4.98 Å². The summed E-state index contributed by atoms with van der Waals surface area (Å²) in [6.07, 6.45) is 3.43. The van der Waals surface area contributed by atoms with Crippen LogP contribution < -0.4 is 15.8 Å². The Labute approximate surface area is 98.2 Å². The standard InChI is InChI=1S/C11H14FN3O2/c12-10-9(11(13)16)4-8(5-15-10)17-6-7-2-1-3-14-7/h4-5,7,14H,1-3,6H2,(H2,13,16)/t7-/m0/s1. The van der Waals surface area contributed by atoms with Crippen molar-refractivity contribution < 1.29 is 13.9 Å². The van der Waals surface area contributed by atoms with Gasteiger partial charge in [0.05, 0.1) is 11.8 Å². The molecule has 0 aliphatic carbocycles. The van der Waals surface area contributed by atoms with E-state index in [0.717, 1.165) is 19.4 Å². The van der Waals surface area contributed by atoms with Crippen molar-refractivity contribution in [3.8, 4) is 5.75 Å². The summed E-state index contributed by atoms with van der Waals surface area (Å²) in [5.41, 5.74) is 4.77. The van der Waals surface area contributed by atoms with Crippen LogP contribution in [0.4, 0.5) is 4.39 Å². The lowest BCUT2D eigenvalue weighted by atomic mass is 10.2. The van der Waals surface area contributed by atoms with E-state index in [1.54, 1.807) is 0 Å². The molecule has 2 heterocycles. The third-order valence-corrected chi connectivity index (χ3v) is 2.69. The number of carbonyl (C=O) groups is 1. The third kappa shape index (κ3) is 2.91. The second kappa shape index (κ2) is 5.09. The van der Waals surface area contributed by atoms with Crippen molar-refractivity contribution in [2.24, 2.45) is 5.73 Å². The molecule has 0 radical (unpaired) electrons. The maximum Gasteiger partial charge on any atom is 0.253 e. The molecule has 5 nitrogen and oxygen atoms in total. The van der Waals surface area contributed by atoms with Gasteiger partial charge in [0.25, 0.3) is 5.91 Å². The van der Waals surface area contributed by atoms with Crippen LogP contribution in [0.2, 0.25) is 0 Å². The van der Waals surface area contributed by atoms with E-state index in [0.29, 0.717) is 18.4 Å². The highest BCUT2D eigenvalue weighted by atomic mass is 19.1. The van der Waals surface area contributed by atoms with Gasteiger partial charge in [-0.05, 0) is 25.5 Å². The third-order valence-electron chi connectivity index (χ3n) is 2.69. The zero-order valence-corrected chi connectivity index (χ0v) is 9.28. The Morgan fingerprint density at radius 1 is 1.71 bits per heavy atom. The van der Waals surface area contributed by atoms with Crippen molar-refractivity contribution in [2.75, 3.05) is 13.2 Å². The number of amides is 1. The first-order chi connectivity index (χ1) is 8.16. The molecular weight excluding hydrogens is 225 g/mol. The van der Waals surface area contributed by atoms with Crippen LogP contribution in [0.25, 0.3) is 0 Å². The number of hydrogen-bond acceptors (Lipinski definition) is 4. The van der Waals surface area contributed by atoms with E-state index in [9.17, 15) is 9.18 Å². The van der Waals surface area contributed by atoms with Crippen LogP contribution in [0.15, 0.2) is 12.3 Å². The Hall–Kier alpha value is -1.69. The van der Waals surface area contributed by atoms with E-state index >= 15 is 0 Å². The molecule has 1 aromatic rings. The molecule has 6 heteroatoms. The average Bonchev–Trinajstić information content (AvgIpc) is 2.80. The van der Waals surface area contributed by atoms with Gasteiger partial charge >= 0.3 is 0 Å². The van der Waals surface area contributed by atoms with Gasteiger partial charge < -0.3 is 15.8 Å². The van der Waals surface area contributed by atoms with E-state index in [1.807, 2.05) is 0 Å². The number of hydrogen-bond donors (Lipinski definition) is 2. The van der Waals surface area contributed by atoms with Crippen LogP contribution in [0.5, 0.6) is 5.75 Å². The molecule has 1 aromatic heterocycles. The number of primary amides is 1. The van der Waals surface area contributed by atoms with Gasteiger partial charge in [-0.15, -0.1) is 0 Å². The Kier molecular flexibility index (Phi) is 3.53. The highest BCUT2D eigenvalue weighted by Gasteiger charge is 2.16. The Balaban J connectivity index is 2.00. The zero-order valence-electron chi connectivity index (χ0n) is 9.28. The second-order valence-electron chi connectivity index (χ2n) is 3.98. The molecule has 1 aliphatic rings. The lowest BCUT2D eigenvalue weighted by Gasteiger charge is -2.12. The van der Waals surface area contributed by atoms with Crippen molar-refractivity contribution in [2.45, 2.75) is 18.9 Å². The number of halogens is 1. The first-order valence-electron chi connectivity index (χ1n) is 5.48. The Morgan fingerprint density at radius 3 is 3.18 bits per heavy atom. The van der Waals surface area contributed by atoms with Crippen molar-refractivity contribution in [3.63, 3.8) is 0 Å². The number of pyridine rings is 1. The largest absolute Gasteiger partial charge is 0.490 e. The highest BCUT2D eigenvalue weighted by Crippen LogP contribution is 2.15. The smallest absolute Gasteiger partial charge is 0.253 e. The molecule has 0 unspecified atom stereocenters. The van der Waals surface area contributed by atoms with Crippen LogP contribution in [0.1, 0.15) is 23.2 Å². The fourth-order valence-corrected chi connectivity index (χ4v) is 1.78. The van der Waals surface area contributed by atoms with Crippen LogP contribution in [0, 0.1) is 5.95 Å².